The third-order valence-electron chi connectivity index (χ3n) is 5.11. The average Bonchev–Trinajstić information content (AvgIpc) is 3.09. The summed E-state index contributed by atoms with van der Waals surface area (Å²) in [5.41, 5.74) is 3.46. The Bertz CT molecular complexity index is 1090. The second-order valence-corrected chi connectivity index (χ2v) is 7.52. The summed E-state index contributed by atoms with van der Waals surface area (Å²) in [4.78, 5) is 27.3. The highest BCUT2D eigenvalue weighted by Gasteiger charge is 2.26. The van der Waals surface area contributed by atoms with Crippen molar-refractivity contribution in [3.05, 3.63) is 88.5 Å². The number of hydrogen-bond acceptors (Lipinski definition) is 3. The van der Waals surface area contributed by atoms with Crippen LogP contribution in [0, 0.1) is 12.7 Å². The second-order valence-electron chi connectivity index (χ2n) is 7.52. The van der Waals surface area contributed by atoms with Crippen molar-refractivity contribution in [3.63, 3.8) is 0 Å². The first-order valence-corrected chi connectivity index (χ1v) is 9.95. The van der Waals surface area contributed by atoms with E-state index < -0.39 is 0 Å². The molecule has 0 saturated carbocycles. The van der Waals surface area contributed by atoms with E-state index in [1.165, 1.54) is 18.2 Å². The smallest absolute Gasteiger partial charge is 0.272 e. The van der Waals surface area contributed by atoms with E-state index in [0.717, 1.165) is 16.7 Å². The fourth-order valence-electron chi connectivity index (χ4n) is 3.65. The minimum absolute atomic E-state index is 0.206. The summed E-state index contributed by atoms with van der Waals surface area (Å²) in [5, 5.41) is 7.20. The molecule has 1 aliphatic rings. The number of nitrogens with one attached hydrogen (secondary N) is 1. The van der Waals surface area contributed by atoms with Gasteiger partial charge in [0.25, 0.3) is 11.8 Å². The minimum atomic E-state index is -0.327. The van der Waals surface area contributed by atoms with Gasteiger partial charge in [-0.05, 0) is 36.6 Å². The van der Waals surface area contributed by atoms with E-state index in [4.69, 9.17) is 0 Å². The molecule has 6 nitrogen and oxygen atoms in total. The quantitative estimate of drug-likeness (QED) is 0.707. The SMILES string of the molecule is Cc1cccc(CNC(=O)c2cc3n(n2)CCCN(Cc2cccc(F)c2)C3=O)c1. The fraction of sp³-hybridized carbons (Fsp3) is 0.261. The van der Waals surface area contributed by atoms with Crippen molar-refractivity contribution in [3.8, 4) is 0 Å². The molecule has 2 amide bonds. The van der Waals surface area contributed by atoms with Crippen molar-refractivity contribution < 1.29 is 14.0 Å². The Morgan fingerprint density at radius 3 is 2.70 bits per heavy atom. The van der Waals surface area contributed by atoms with Crippen LogP contribution in [0.4, 0.5) is 4.39 Å². The van der Waals surface area contributed by atoms with Gasteiger partial charge in [-0.15, -0.1) is 0 Å². The van der Waals surface area contributed by atoms with Crippen LogP contribution in [0.25, 0.3) is 0 Å². The molecule has 0 fully saturated rings. The van der Waals surface area contributed by atoms with Gasteiger partial charge in [0.2, 0.25) is 0 Å². The maximum atomic E-state index is 13.5. The van der Waals surface area contributed by atoms with Gasteiger partial charge in [-0.1, -0.05) is 42.0 Å². The molecule has 1 aromatic heterocycles. The van der Waals surface area contributed by atoms with Crippen LogP contribution >= 0.6 is 0 Å². The number of rotatable bonds is 5. The summed E-state index contributed by atoms with van der Waals surface area (Å²) in [6, 6.07) is 15.7. The zero-order valence-electron chi connectivity index (χ0n) is 16.8. The maximum absolute atomic E-state index is 13.5. The average molecular weight is 406 g/mol. The topological polar surface area (TPSA) is 67.2 Å². The molecule has 0 spiro atoms. The van der Waals surface area contributed by atoms with Gasteiger partial charge in [0.1, 0.15) is 11.5 Å². The van der Waals surface area contributed by atoms with Gasteiger partial charge in [0.05, 0.1) is 0 Å². The summed E-state index contributed by atoms with van der Waals surface area (Å²) < 4.78 is 15.1. The molecule has 154 valence electrons. The van der Waals surface area contributed by atoms with Gasteiger partial charge < -0.3 is 10.2 Å². The largest absolute Gasteiger partial charge is 0.347 e. The molecule has 7 heteroatoms. The van der Waals surface area contributed by atoms with Crippen LogP contribution in [-0.4, -0.2) is 33.0 Å². The highest BCUT2D eigenvalue weighted by molar-refractivity contribution is 5.98. The fourth-order valence-corrected chi connectivity index (χ4v) is 3.65. The molecular weight excluding hydrogens is 383 g/mol. The van der Waals surface area contributed by atoms with Crippen LogP contribution in [0.15, 0.2) is 54.6 Å². The Kier molecular flexibility index (Phi) is 5.61. The molecule has 3 aromatic rings. The minimum Gasteiger partial charge on any atom is -0.347 e. The summed E-state index contributed by atoms with van der Waals surface area (Å²) in [5.74, 6) is -0.851. The Hall–Kier alpha value is -3.48. The van der Waals surface area contributed by atoms with E-state index >= 15 is 0 Å². The zero-order valence-corrected chi connectivity index (χ0v) is 16.8. The van der Waals surface area contributed by atoms with Crippen molar-refractivity contribution in [2.24, 2.45) is 0 Å². The van der Waals surface area contributed by atoms with Crippen LogP contribution in [0.1, 0.15) is 44.1 Å². The Morgan fingerprint density at radius 1 is 1.10 bits per heavy atom. The van der Waals surface area contributed by atoms with Crippen molar-refractivity contribution in [2.45, 2.75) is 33.0 Å². The number of aromatic nitrogens is 2. The third-order valence-corrected chi connectivity index (χ3v) is 5.11. The lowest BCUT2D eigenvalue weighted by Crippen LogP contribution is -2.30. The molecule has 0 aliphatic carbocycles. The highest BCUT2D eigenvalue weighted by atomic mass is 19.1. The van der Waals surface area contributed by atoms with Crippen molar-refractivity contribution in [2.75, 3.05) is 6.54 Å². The van der Waals surface area contributed by atoms with Gasteiger partial charge in [-0.3, -0.25) is 14.3 Å². The summed E-state index contributed by atoms with van der Waals surface area (Å²) >= 11 is 0. The number of nitrogens with zero attached hydrogens (tertiary/aromatic N) is 3. The lowest BCUT2D eigenvalue weighted by atomic mass is 10.1. The summed E-state index contributed by atoms with van der Waals surface area (Å²) in [6.07, 6.45) is 0.708. The van der Waals surface area contributed by atoms with Crippen LogP contribution in [0.3, 0.4) is 0 Å². The Labute approximate surface area is 174 Å². The predicted molar refractivity (Wildman–Crippen MR) is 110 cm³/mol. The first-order valence-electron chi connectivity index (χ1n) is 9.95. The molecule has 0 saturated heterocycles. The lowest BCUT2D eigenvalue weighted by molar-refractivity contribution is 0.0745. The number of amides is 2. The van der Waals surface area contributed by atoms with Crippen LogP contribution in [0.2, 0.25) is 0 Å². The summed E-state index contributed by atoms with van der Waals surface area (Å²) in [7, 11) is 0. The number of carbonyl (C=O) groups excluding carboxylic acids is 2. The van der Waals surface area contributed by atoms with Gasteiger partial charge in [0, 0.05) is 32.2 Å². The van der Waals surface area contributed by atoms with Crippen LogP contribution in [0.5, 0.6) is 0 Å². The lowest BCUT2D eigenvalue weighted by Gasteiger charge is -2.20. The number of carbonyl (C=O) groups is 2. The normalized spacial score (nSPS) is 13.7. The maximum Gasteiger partial charge on any atom is 0.272 e. The molecule has 1 aliphatic heterocycles. The molecule has 0 bridgehead atoms. The molecule has 4 rings (SSSR count). The second kappa shape index (κ2) is 8.49. The monoisotopic (exact) mass is 406 g/mol. The van der Waals surface area contributed by atoms with E-state index in [2.05, 4.69) is 10.4 Å². The number of halogens is 1. The molecule has 1 N–H and O–H groups in total. The van der Waals surface area contributed by atoms with Crippen molar-refractivity contribution in [1.29, 1.82) is 0 Å². The Balaban J connectivity index is 1.47. The standard InChI is InChI=1S/C23H23FN4O2/c1-16-5-2-6-17(11-16)14-25-22(29)20-13-21-23(30)27(9-4-10-28(21)26-20)15-18-7-3-8-19(24)12-18/h2-3,5-8,11-13H,4,9-10,14-15H2,1H3,(H,25,29). The van der Waals surface area contributed by atoms with Crippen LogP contribution in [-0.2, 0) is 19.6 Å². The molecule has 0 atom stereocenters. The van der Waals surface area contributed by atoms with Gasteiger partial charge >= 0.3 is 0 Å². The van der Waals surface area contributed by atoms with Gasteiger partial charge in [-0.25, -0.2) is 4.39 Å². The Morgan fingerprint density at radius 2 is 1.90 bits per heavy atom. The third kappa shape index (κ3) is 4.40. The van der Waals surface area contributed by atoms with E-state index in [1.807, 2.05) is 31.2 Å². The number of hydrogen-bond donors (Lipinski definition) is 1. The van der Waals surface area contributed by atoms with Crippen LogP contribution < -0.4 is 5.32 Å². The first kappa shape index (κ1) is 19.8. The molecular formula is C23H23FN4O2. The number of benzene rings is 2. The van der Waals surface area contributed by atoms with Crippen molar-refractivity contribution in [1.82, 2.24) is 20.0 Å². The molecule has 30 heavy (non-hydrogen) atoms. The van der Waals surface area contributed by atoms with Gasteiger partial charge in [0.15, 0.2) is 5.69 Å². The molecule has 0 radical (unpaired) electrons. The van der Waals surface area contributed by atoms with E-state index in [-0.39, 0.29) is 23.3 Å². The highest BCUT2D eigenvalue weighted by Crippen LogP contribution is 2.17. The molecule has 2 aromatic carbocycles. The van der Waals surface area contributed by atoms with E-state index in [1.54, 1.807) is 21.7 Å². The van der Waals surface area contributed by atoms with E-state index in [0.29, 0.717) is 38.3 Å². The van der Waals surface area contributed by atoms with E-state index in [9.17, 15) is 14.0 Å². The molecule has 2 heterocycles. The van der Waals surface area contributed by atoms with Crippen molar-refractivity contribution >= 4 is 11.8 Å². The number of aryl methyl sites for hydroxylation is 2. The zero-order chi connectivity index (χ0) is 21.1. The van der Waals surface area contributed by atoms with Gasteiger partial charge in [-0.2, -0.15) is 5.10 Å². The number of fused-ring (bicyclic) bond motifs is 1. The summed E-state index contributed by atoms with van der Waals surface area (Å²) in [6.45, 7) is 3.80. The predicted octanol–water partition coefficient (Wildman–Crippen LogP) is 3.31. The molecule has 0 unspecified atom stereocenters. The first-order chi connectivity index (χ1) is 14.5.